The van der Waals surface area contributed by atoms with E-state index in [2.05, 4.69) is 15.5 Å². The minimum Gasteiger partial charge on any atom is -0.381 e. The van der Waals surface area contributed by atoms with Crippen molar-refractivity contribution in [1.82, 2.24) is 20.4 Å². The fraction of sp³-hybridized carbons (Fsp3) is 0.500. The molecule has 3 aliphatic heterocycles. The first kappa shape index (κ1) is 29.2. The molecular formula is C30H38N4O6S. The van der Waals surface area contributed by atoms with Crippen molar-refractivity contribution in [2.24, 2.45) is 5.92 Å². The summed E-state index contributed by atoms with van der Waals surface area (Å²) in [5.41, 5.74) is 0.834. The number of hydrogen-bond acceptors (Lipinski definition) is 7. The summed E-state index contributed by atoms with van der Waals surface area (Å²) in [6, 6.07) is 15.7. The smallest absolute Gasteiger partial charge is 0.325 e. The third-order valence-electron chi connectivity index (χ3n) is 8.49. The van der Waals surface area contributed by atoms with Crippen LogP contribution in [0, 0.1) is 5.92 Å². The highest BCUT2D eigenvalue weighted by Crippen LogP contribution is 2.31. The van der Waals surface area contributed by atoms with Gasteiger partial charge in [-0.15, -0.1) is 0 Å². The van der Waals surface area contributed by atoms with E-state index < -0.39 is 21.4 Å². The van der Waals surface area contributed by atoms with Gasteiger partial charge in [0.05, 0.1) is 17.5 Å². The lowest BCUT2D eigenvalue weighted by atomic mass is 9.87. The van der Waals surface area contributed by atoms with Crippen LogP contribution >= 0.6 is 0 Å². The highest BCUT2D eigenvalue weighted by Gasteiger charge is 2.52. The molecule has 4 amide bonds. The van der Waals surface area contributed by atoms with Crippen molar-refractivity contribution in [3.05, 3.63) is 65.7 Å². The van der Waals surface area contributed by atoms with Gasteiger partial charge in [-0.05, 0) is 55.4 Å². The van der Waals surface area contributed by atoms with Gasteiger partial charge >= 0.3 is 6.03 Å². The van der Waals surface area contributed by atoms with E-state index in [1.54, 1.807) is 12.1 Å². The van der Waals surface area contributed by atoms with E-state index in [0.29, 0.717) is 44.7 Å². The Morgan fingerprint density at radius 2 is 1.71 bits per heavy atom. The Bertz CT molecular complexity index is 1350. The maximum Gasteiger partial charge on any atom is 0.325 e. The quantitative estimate of drug-likeness (QED) is 0.436. The molecule has 1 spiro atoms. The molecule has 0 bridgehead atoms. The normalized spacial score (nSPS) is 20.7. The third-order valence-corrected chi connectivity index (χ3v) is 9.62. The summed E-state index contributed by atoms with van der Waals surface area (Å²) in [7, 11) is -3.32. The molecule has 0 aliphatic carbocycles. The molecular weight excluding hydrogens is 544 g/mol. The molecule has 10 nitrogen and oxygen atoms in total. The molecule has 41 heavy (non-hydrogen) atoms. The average Bonchev–Trinajstić information content (AvgIpc) is 3.20. The van der Waals surface area contributed by atoms with Crippen molar-refractivity contribution in [2.75, 3.05) is 39.1 Å². The Hall–Kier alpha value is -3.28. The Morgan fingerprint density at radius 1 is 1.05 bits per heavy atom. The molecule has 2 aromatic rings. The highest BCUT2D eigenvalue weighted by atomic mass is 32.2. The number of piperidine rings is 1. The molecule has 3 saturated heterocycles. The zero-order chi connectivity index (χ0) is 29.0. The van der Waals surface area contributed by atoms with Crippen molar-refractivity contribution in [2.45, 2.75) is 55.1 Å². The number of hydrogen-bond donors (Lipinski definition) is 2. The number of sulfone groups is 1. The van der Waals surface area contributed by atoms with Crippen molar-refractivity contribution >= 4 is 27.7 Å². The number of rotatable bonds is 9. The third kappa shape index (κ3) is 6.79. The van der Waals surface area contributed by atoms with Crippen LogP contribution in [0.4, 0.5) is 4.79 Å². The maximum absolute atomic E-state index is 13.4. The summed E-state index contributed by atoms with van der Waals surface area (Å²) in [6.45, 7) is 3.38. The number of carbonyl (C=O) groups is 3. The maximum atomic E-state index is 13.4. The highest BCUT2D eigenvalue weighted by molar-refractivity contribution is 7.90. The second-order valence-corrected chi connectivity index (χ2v) is 13.3. The Morgan fingerprint density at radius 3 is 2.34 bits per heavy atom. The van der Waals surface area contributed by atoms with Crippen LogP contribution in [0.2, 0.25) is 0 Å². The average molecular weight is 583 g/mol. The van der Waals surface area contributed by atoms with E-state index in [0.717, 1.165) is 37.6 Å². The van der Waals surface area contributed by atoms with Crippen LogP contribution in [0.1, 0.15) is 49.3 Å². The number of benzene rings is 2. The molecule has 3 aliphatic rings. The van der Waals surface area contributed by atoms with Gasteiger partial charge in [0, 0.05) is 45.0 Å². The molecule has 0 saturated carbocycles. The molecule has 0 unspecified atom stereocenters. The molecule has 0 radical (unpaired) electrons. The first-order valence-electron chi connectivity index (χ1n) is 14.2. The van der Waals surface area contributed by atoms with E-state index >= 15 is 0 Å². The summed E-state index contributed by atoms with van der Waals surface area (Å²) in [5.74, 6) is -0.187. The van der Waals surface area contributed by atoms with Gasteiger partial charge in [0.15, 0.2) is 9.84 Å². The van der Waals surface area contributed by atoms with Gasteiger partial charge in [0.2, 0.25) is 5.91 Å². The van der Waals surface area contributed by atoms with Crippen LogP contribution in [0.5, 0.6) is 0 Å². The Balaban J connectivity index is 1.17. The van der Waals surface area contributed by atoms with E-state index in [9.17, 15) is 22.8 Å². The first-order chi connectivity index (χ1) is 19.6. The zero-order valence-electron chi connectivity index (χ0n) is 23.4. The Kier molecular flexibility index (Phi) is 8.77. The number of urea groups is 1. The summed E-state index contributed by atoms with van der Waals surface area (Å²) < 4.78 is 28.9. The van der Waals surface area contributed by atoms with Crippen LogP contribution in [0.3, 0.4) is 0 Å². The predicted molar refractivity (Wildman–Crippen MR) is 153 cm³/mol. The lowest BCUT2D eigenvalue weighted by molar-refractivity contribution is -0.133. The van der Waals surface area contributed by atoms with E-state index in [-0.39, 0.29) is 35.2 Å². The molecule has 5 rings (SSSR count). The predicted octanol–water partition coefficient (Wildman–Crippen LogP) is 2.65. The van der Waals surface area contributed by atoms with Crippen molar-refractivity contribution in [3.8, 4) is 0 Å². The van der Waals surface area contributed by atoms with Crippen LogP contribution in [-0.4, -0.2) is 80.7 Å². The number of ether oxygens (including phenoxy) is 1. The lowest BCUT2D eigenvalue weighted by Gasteiger charge is -2.38. The second-order valence-electron chi connectivity index (χ2n) is 11.3. The SMILES string of the molecule is CS(=O)(=O)c1ccc(CN2C(=O)NC3(CCN(CC[C@H](NC(=O)C4CCOCC4)c4ccccc4)CC3)C2=O)cc1. The molecule has 2 N–H and O–H groups in total. The molecule has 3 heterocycles. The van der Waals surface area contributed by atoms with Crippen LogP contribution < -0.4 is 10.6 Å². The zero-order valence-corrected chi connectivity index (χ0v) is 24.2. The molecule has 11 heteroatoms. The molecule has 1 atom stereocenters. The fourth-order valence-corrected chi connectivity index (χ4v) is 6.54. The van der Waals surface area contributed by atoms with Gasteiger partial charge in [-0.1, -0.05) is 42.5 Å². The standard InChI is InChI=1S/C30H38N4O6S/c1-41(38,39)25-9-7-22(8-10-25)21-34-28(36)30(32-29(34)37)14-17-33(18-15-30)16-11-26(23-5-3-2-4-6-23)31-27(35)24-12-19-40-20-13-24/h2-10,24,26H,11-21H2,1H3,(H,31,35)(H,32,37)/t26-/m0/s1. The second kappa shape index (κ2) is 12.3. The minimum atomic E-state index is -3.32. The monoisotopic (exact) mass is 582 g/mol. The van der Waals surface area contributed by atoms with Crippen molar-refractivity contribution < 1.29 is 27.5 Å². The van der Waals surface area contributed by atoms with Gasteiger partial charge in [-0.25, -0.2) is 13.2 Å². The molecule has 0 aromatic heterocycles. The molecule has 3 fully saturated rings. The minimum absolute atomic E-state index is 0.0256. The van der Waals surface area contributed by atoms with Crippen LogP contribution in [-0.2, 0) is 30.7 Å². The summed E-state index contributed by atoms with van der Waals surface area (Å²) >= 11 is 0. The number of likely N-dealkylation sites (tertiary alicyclic amines) is 1. The number of carbonyl (C=O) groups excluding carboxylic acids is 3. The van der Waals surface area contributed by atoms with Crippen molar-refractivity contribution in [3.63, 3.8) is 0 Å². The van der Waals surface area contributed by atoms with Crippen LogP contribution in [0.25, 0.3) is 0 Å². The number of nitrogens with one attached hydrogen (secondary N) is 2. The fourth-order valence-electron chi connectivity index (χ4n) is 5.91. The van der Waals surface area contributed by atoms with Gasteiger partial charge in [-0.2, -0.15) is 0 Å². The molecule has 220 valence electrons. The summed E-state index contributed by atoms with van der Waals surface area (Å²) in [5, 5.41) is 6.22. The van der Waals surface area contributed by atoms with Gasteiger partial charge in [0.25, 0.3) is 5.91 Å². The Labute approximate surface area is 241 Å². The lowest BCUT2D eigenvalue weighted by Crippen LogP contribution is -2.55. The van der Waals surface area contributed by atoms with E-state index in [4.69, 9.17) is 4.74 Å². The first-order valence-corrected chi connectivity index (χ1v) is 16.1. The number of nitrogens with zero attached hydrogens (tertiary/aromatic N) is 2. The van der Waals surface area contributed by atoms with Crippen LogP contribution in [0.15, 0.2) is 59.5 Å². The van der Waals surface area contributed by atoms with E-state index in [1.165, 1.54) is 17.0 Å². The summed E-state index contributed by atoms with van der Waals surface area (Å²) in [4.78, 5) is 42.9. The van der Waals surface area contributed by atoms with Gasteiger partial charge in [-0.3, -0.25) is 14.5 Å². The number of imide groups is 1. The molecule has 2 aromatic carbocycles. The number of amides is 4. The van der Waals surface area contributed by atoms with Gasteiger partial charge in [0.1, 0.15) is 5.54 Å². The summed E-state index contributed by atoms with van der Waals surface area (Å²) in [6.07, 6.45) is 4.37. The van der Waals surface area contributed by atoms with E-state index in [1.807, 2.05) is 30.3 Å². The van der Waals surface area contributed by atoms with Crippen molar-refractivity contribution in [1.29, 1.82) is 0 Å². The topological polar surface area (TPSA) is 125 Å². The largest absolute Gasteiger partial charge is 0.381 e. The van der Waals surface area contributed by atoms with Gasteiger partial charge < -0.3 is 20.3 Å².